The molecule has 0 saturated carbocycles. The van der Waals surface area contributed by atoms with Gasteiger partial charge in [0.2, 0.25) is 5.91 Å². The molecule has 0 saturated heterocycles. The van der Waals surface area contributed by atoms with E-state index in [-0.39, 0.29) is 11.9 Å². The molecule has 0 fully saturated rings. The van der Waals surface area contributed by atoms with E-state index in [0.717, 1.165) is 11.4 Å². The van der Waals surface area contributed by atoms with Gasteiger partial charge in [0.25, 0.3) is 0 Å². The first-order chi connectivity index (χ1) is 7.50. The smallest absolute Gasteiger partial charge is 0.228 e. The monoisotopic (exact) mass is 218 g/mol. The molecule has 1 aliphatic rings. The Bertz CT molecular complexity index is 440. The number of carbonyl (C=O) groups is 1. The van der Waals surface area contributed by atoms with Gasteiger partial charge in [0, 0.05) is 19.5 Å². The van der Waals surface area contributed by atoms with E-state index in [9.17, 15) is 4.79 Å². The van der Waals surface area contributed by atoms with E-state index in [1.54, 1.807) is 4.90 Å². The number of rotatable bonds is 0. The summed E-state index contributed by atoms with van der Waals surface area (Å²) in [5.74, 6) is 0.169. The van der Waals surface area contributed by atoms with Gasteiger partial charge in [-0.15, -0.1) is 0 Å². The second-order valence-electron chi connectivity index (χ2n) is 4.60. The molecule has 1 unspecified atom stereocenters. The average molecular weight is 218 g/mol. The number of anilines is 2. The van der Waals surface area contributed by atoms with E-state index in [1.807, 2.05) is 20.0 Å². The van der Waals surface area contributed by atoms with Gasteiger partial charge in [-0.3, -0.25) is 4.79 Å². The van der Waals surface area contributed by atoms with Crippen LogP contribution in [-0.2, 0) is 4.79 Å². The number of nitrogens with zero attached hydrogens (tertiary/aromatic N) is 1. The highest BCUT2D eigenvalue weighted by Crippen LogP contribution is 2.34. The summed E-state index contributed by atoms with van der Waals surface area (Å²) in [6, 6.07) is 4.27. The molecular weight excluding hydrogens is 200 g/mol. The minimum absolute atomic E-state index is 0.169. The van der Waals surface area contributed by atoms with Crippen LogP contribution in [0.3, 0.4) is 0 Å². The molecule has 0 spiro atoms. The van der Waals surface area contributed by atoms with Crippen LogP contribution in [-0.4, -0.2) is 19.0 Å². The molecule has 2 rings (SSSR count). The predicted octanol–water partition coefficient (Wildman–Crippen LogP) is 2.47. The van der Waals surface area contributed by atoms with Crippen molar-refractivity contribution in [3.63, 3.8) is 0 Å². The largest absolute Gasteiger partial charge is 0.380 e. The van der Waals surface area contributed by atoms with E-state index in [2.05, 4.69) is 25.2 Å². The Morgan fingerprint density at radius 2 is 2.06 bits per heavy atom. The maximum Gasteiger partial charge on any atom is 0.228 e. The van der Waals surface area contributed by atoms with Crippen LogP contribution < -0.4 is 10.2 Å². The molecular formula is C13H18N2O. The van der Waals surface area contributed by atoms with Gasteiger partial charge < -0.3 is 10.2 Å². The number of carbonyl (C=O) groups excluding carboxylic acids is 1. The van der Waals surface area contributed by atoms with Crippen LogP contribution in [0.25, 0.3) is 0 Å². The fourth-order valence-electron chi connectivity index (χ4n) is 2.09. The molecule has 0 aromatic heterocycles. The number of nitrogens with one attached hydrogen (secondary N) is 1. The van der Waals surface area contributed by atoms with E-state index in [1.165, 1.54) is 11.1 Å². The van der Waals surface area contributed by atoms with Crippen molar-refractivity contribution in [3.05, 3.63) is 23.3 Å². The first kappa shape index (κ1) is 11.0. The molecule has 16 heavy (non-hydrogen) atoms. The predicted molar refractivity (Wildman–Crippen MR) is 67.0 cm³/mol. The molecule has 1 heterocycles. The zero-order valence-corrected chi connectivity index (χ0v) is 10.3. The molecule has 1 aromatic rings. The second-order valence-corrected chi connectivity index (χ2v) is 4.60. The molecule has 1 aliphatic heterocycles. The molecule has 1 atom stereocenters. The Labute approximate surface area is 96.5 Å². The summed E-state index contributed by atoms with van der Waals surface area (Å²) in [4.78, 5) is 13.6. The Balaban J connectivity index is 2.59. The maximum atomic E-state index is 11.9. The van der Waals surface area contributed by atoms with Crippen molar-refractivity contribution in [2.75, 3.05) is 17.3 Å². The fourth-order valence-corrected chi connectivity index (χ4v) is 2.09. The number of amides is 1. The van der Waals surface area contributed by atoms with E-state index in [0.29, 0.717) is 6.42 Å². The third-order valence-electron chi connectivity index (χ3n) is 3.32. The van der Waals surface area contributed by atoms with Crippen LogP contribution >= 0.6 is 0 Å². The summed E-state index contributed by atoms with van der Waals surface area (Å²) in [6.07, 6.45) is 0.545. The first-order valence-electron chi connectivity index (χ1n) is 5.64. The normalized spacial score (nSPS) is 20.1. The molecule has 3 heteroatoms. The van der Waals surface area contributed by atoms with Crippen LogP contribution in [0, 0.1) is 13.8 Å². The standard InChI is InChI=1S/C13H18N2O/c1-8-5-6-11-13(10(8)3)14-9(2)7-12(16)15(11)4/h5-6,9,14H,7H2,1-4H3. The highest BCUT2D eigenvalue weighted by Gasteiger charge is 2.23. The van der Waals surface area contributed by atoms with Gasteiger partial charge >= 0.3 is 0 Å². The molecule has 3 nitrogen and oxygen atoms in total. The molecule has 0 radical (unpaired) electrons. The highest BCUT2D eigenvalue weighted by molar-refractivity contribution is 5.98. The Morgan fingerprint density at radius 1 is 1.38 bits per heavy atom. The summed E-state index contributed by atoms with van der Waals surface area (Å²) in [5, 5.41) is 3.43. The van der Waals surface area contributed by atoms with Crippen molar-refractivity contribution < 1.29 is 4.79 Å². The van der Waals surface area contributed by atoms with Crippen LogP contribution in [0.5, 0.6) is 0 Å². The fraction of sp³-hybridized carbons (Fsp3) is 0.462. The Morgan fingerprint density at radius 3 is 2.75 bits per heavy atom. The molecule has 1 aromatic carbocycles. The van der Waals surface area contributed by atoms with Crippen molar-refractivity contribution in [1.29, 1.82) is 0 Å². The van der Waals surface area contributed by atoms with Gasteiger partial charge in [0.15, 0.2) is 0 Å². The summed E-state index contributed by atoms with van der Waals surface area (Å²) in [5.41, 5.74) is 4.56. The number of fused-ring (bicyclic) bond motifs is 1. The first-order valence-corrected chi connectivity index (χ1v) is 5.64. The lowest BCUT2D eigenvalue weighted by molar-refractivity contribution is -0.118. The van der Waals surface area contributed by atoms with E-state index >= 15 is 0 Å². The van der Waals surface area contributed by atoms with Crippen LogP contribution in [0.1, 0.15) is 24.5 Å². The lowest BCUT2D eigenvalue weighted by Gasteiger charge is -2.19. The zero-order chi connectivity index (χ0) is 11.9. The minimum Gasteiger partial charge on any atom is -0.380 e. The van der Waals surface area contributed by atoms with Crippen molar-refractivity contribution in [3.8, 4) is 0 Å². The third-order valence-corrected chi connectivity index (χ3v) is 3.32. The van der Waals surface area contributed by atoms with Crippen molar-refractivity contribution in [1.82, 2.24) is 0 Å². The molecule has 86 valence electrons. The van der Waals surface area contributed by atoms with Gasteiger partial charge in [-0.2, -0.15) is 0 Å². The lowest BCUT2D eigenvalue weighted by atomic mass is 10.1. The SMILES string of the molecule is Cc1ccc2c(c1C)NC(C)CC(=O)N2C. The summed E-state index contributed by atoms with van der Waals surface area (Å²) < 4.78 is 0. The topological polar surface area (TPSA) is 32.3 Å². The molecule has 0 aliphatic carbocycles. The number of benzene rings is 1. The number of hydrogen-bond acceptors (Lipinski definition) is 2. The molecule has 0 bridgehead atoms. The van der Waals surface area contributed by atoms with E-state index in [4.69, 9.17) is 0 Å². The van der Waals surface area contributed by atoms with Crippen LogP contribution in [0.2, 0.25) is 0 Å². The number of hydrogen-bond donors (Lipinski definition) is 1. The maximum absolute atomic E-state index is 11.9. The molecule has 1 amide bonds. The highest BCUT2D eigenvalue weighted by atomic mass is 16.2. The third kappa shape index (κ3) is 1.66. The zero-order valence-electron chi connectivity index (χ0n) is 10.3. The average Bonchev–Trinajstić information content (AvgIpc) is 2.33. The summed E-state index contributed by atoms with van der Waals surface area (Å²) in [6.45, 7) is 6.23. The van der Waals surface area contributed by atoms with Gasteiger partial charge in [-0.05, 0) is 38.0 Å². The van der Waals surface area contributed by atoms with Crippen molar-refractivity contribution >= 4 is 17.3 Å². The van der Waals surface area contributed by atoms with Crippen molar-refractivity contribution in [2.24, 2.45) is 0 Å². The van der Waals surface area contributed by atoms with Gasteiger partial charge in [0.1, 0.15) is 0 Å². The summed E-state index contributed by atoms with van der Waals surface area (Å²) >= 11 is 0. The van der Waals surface area contributed by atoms with Gasteiger partial charge in [-0.25, -0.2) is 0 Å². The van der Waals surface area contributed by atoms with Crippen LogP contribution in [0.4, 0.5) is 11.4 Å². The molecule has 1 N–H and O–H groups in total. The van der Waals surface area contributed by atoms with Gasteiger partial charge in [-0.1, -0.05) is 6.07 Å². The minimum atomic E-state index is 0.169. The summed E-state index contributed by atoms with van der Waals surface area (Å²) in [7, 11) is 1.84. The quantitative estimate of drug-likeness (QED) is 0.725. The lowest BCUT2D eigenvalue weighted by Crippen LogP contribution is -2.27. The van der Waals surface area contributed by atoms with E-state index < -0.39 is 0 Å². The van der Waals surface area contributed by atoms with Gasteiger partial charge in [0.05, 0.1) is 11.4 Å². The number of aryl methyl sites for hydroxylation is 1. The second kappa shape index (κ2) is 3.81. The Kier molecular flexibility index (Phi) is 2.62. The Hall–Kier alpha value is -1.51. The van der Waals surface area contributed by atoms with Crippen molar-refractivity contribution in [2.45, 2.75) is 33.2 Å². The van der Waals surface area contributed by atoms with Crippen LogP contribution in [0.15, 0.2) is 12.1 Å².